The topological polar surface area (TPSA) is 127 Å². The summed E-state index contributed by atoms with van der Waals surface area (Å²) in [6, 6.07) is 5.44. The standard InChI is InChI=1S/C14H18N2O5S/c15-22(20,21)10-7-5-9(6-8-10)16-13(17)11-3-1-2-4-12(11)14(18)19/h5-8,11-12H,1-4H2,(H,16,17)(H,18,19)(H2,15,20,21)/t11-,12+/m1/s1. The molecule has 1 amide bonds. The maximum atomic E-state index is 12.2. The molecule has 1 fully saturated rings. The van der Waals surface area contributed by atoms with Crippen LogP contribution < -0.4 is 10.5 Å². The molecule has 2 rings (SSSR count). The summed E-state index contributed by atoms with van der Waals surface area (Å²) in [5.74, 6) is -2.54. The number of benzene rings is 1. The quantitative estimate of drug-likeness (QED) is 0.765. The van der Waals surface area contributed by atoms with Crippen LogP contribution in [0.4, 0.5) is 5.69 Å². The Morgan fingerprint density at radius 1 is 1.09 bits per heavy atom. The zero-order valence-electron chi connectivity index (χ0n) is 11.9. The van der Waals surface area contributed by atoms with Gasteiger partial charge in [0.15, 0.2) is 0 Å². The lowest BCUT2D eigenvalue weighted by Crippen LogP contribution is -2.36. The maximum absolute atomic E-state index is 12.2. The summed E-state index contributed by atoms with van der Waals surface area (Å²) in [4.78, 5) is 23.4. The second-order valence-electron chi connectivity index (χ2n) is 5.39. The molecule has 1 aromatic carbocycles. The van der Waals surface area contributed by atoms with E-state index in [-0.39, 0.29) is 10.8 Å². The number of primary sulfonamides is 1. The van der Waals surface area contributed by atoms with Gasteiger partial charge in [-0.05, 0) is 37.1 Å². The molecule has 1 aromatic rings. The van der Waals surface area contributed by atoms with Crippen molar-refractivity contribution in [1.82, 2.24) is 0 Å². The van der Waals surface area contributed by atoms with Gasteiger partial charge < -0.3 is 10.4 Å². The van der Waals surface area contributed by atoms with E-state index in [0.717, 1.165) is 12.8 Å². The van der Waals surface area contributed by atoms with Crippen LogP contribution in [0.2, 0.25) is 0 Å². The van der Waals surface area contributed by atoms with Crippen LogP contribution in [0.15, 0.2) is 29.2 Å². The number of amides is 1. The highest BCUT2D eigenvalue weighted by Gasteiger charge is 2.35. The number of carbonyl (C=O) groups excluding carboxylic acids is 1. The molecule has 4 N–H and O–H groups in total. The number of sulfonamides is 1. The number of hydrogen-bond donors (Lipinski definition) is 3. The molecule has 1 saturated carbocycles. The first-order chi connectivity index (χ1) is 10.3. The first-order valence-electron chi connectivity index (χ1n) is 6.95. The fourth-order valence-electron chi connectivity index (χ4n) is 2.70. The Kier molecular flexibility index (Phi) is 4.82. The summed E-state index contributed by atoms with van der Waals surface area (Å²) in [5.41, 5.74) is 0.409. The number of hydrogen-bond acceptors (Lipinski definition) is 4. The second-order valence-corrected chi connectivity index (χ2v) is 6.96. The lowest BCUT2D eigenvalue weighted by atomic mass is 9.78. The van der Waals surface area contributed by atoms with E-state index in [4.69, 9.17) is 5.14 Å². The molecular formula is C14H18N2O5S. The van der Waals surface area contributed by atoms with Gasteiger partial charge >= 0.3 is 5.97 Å². The van der Waals surface area contributed by atoms with Gasteiger partial charge in [0.1, 0.15) is 0 Å². The van der Waals surface area contributed by atoms with Gasteiger partial charge in [-0.3, -0.25) is 9.59 Å². The van der Waals surface area contributed by atoms with Crippen molar-refractivity contribution in [3.05, 3.63) is 24.3 Å². The number of carbonyl (C=O) groups is 2. The van der Waals surface area contributed by atoms with Crippen molar-refractivity contribution < 1.29 is 23.1 Å². The minimum atomic E-state index is -3.78. The third kappa shape index (κ3) is 3.83. The predicted molar refractivity (Wildman–Crippen MR) is 79.5 cm³/mol. The molecule has 0 spiro atoms. The van der Waals surface area contributed by atoms with E-state index >= 15 is 0 Å². The molecule has 2 atom stereocenters. The van der Waals surface area contributed by atoms with Crippen LogP contribution >= 0.6 is 0 Å². The Balaban J connectivity index is 2.09. The predicted octanol–water partition coefficient (Wildman–Crippen LogP) is 1.16. The van der Waals surface area contributed by atoms with Crippen LogP contribution in [0.1, 0.15) is 25.7 Å². The molecule has 8 heteroatoms. The summed E-state index contributed by atoms with van der Waals surface area (Å²) in [6.45, 7) is 0. The van der Waals surface area contributed by atoms with Crippen molar-refractivity contribution in [2.75, 3.05) is 5.32 Å². The Labute approximate surface area is 128 Å². The molecule has 1 aliphatic carbocycles. The van der Waals surface area contributed by atoms with Crippen LogP contribution in [0, 0.1) is 11.8 Å². The van der Waals surface area contributed by atoms with E-state index in [9.17, 15) is 23.1 Å². The summed E-state index contributed by atoms with van der Waals surface area (Å²) in [5, 5.41) is 16.8. The molecule has 22 heavy (non-hydrogen) atoms. The van der Waals surface area contributed by atoms with Gasteiger partial charge in [-0.2, -0.15) is 0 Å². The molecule has 0 bridgehead atoms. The van der Waals surface area contributed by atoms with E-state index in [2.05, 4.69) is 5.32 Å². The van der Waals surface area contributed by atoms with Crippen molar-refractivity contribution in [3.8, 4) is 0 Å². The summed E-state index contributed by atoms with van der Waals surface area (Å²) < 4.78 is 22.3. The molecule has 0 aromatic heterocycles. The van der Waals surface area contributed by atoms with E-state index < -0.39 is 27.8 Å². The first-order valence-corrected chi connectivity index (χ1v) is 8.50. The normalized spacial score (nSPS) is 22.0. The molecule has 0 saturated heterocycles. The number of rotatable bonds is 4. The lowest BCUT2D eigenvalue weighted by Gasteiger charge is -2.27. The molecule has 0 aliphatic heterocycles. The number of nitrogens with one attached hydrogen (secondary N) is 1. The molecule has 120 valence electrons. The van der Waals surface area contributed by atoms with Crippen molar-refractivity contribution >= 4 is 27.6 Å². The van der Waals surface area contributed by atoms with E-state index in [1.54, 1.807) is 0 Å². The monoisotopic (exact) mass is 326 g/mol. The average Bonchev–Trinajstić information content (AvgIpc) is 2.46. The summed E-state index contributed by atoms with van der Waals surface area (Å²) >= 11 is 0. The lowest BCUT2D eigenvalue weighted by molar-refractivity contribution is -0.147. The van der Waals surface area contributed by atoms with E-state index in [1.807, 2.05) is 0 Å². The van der Waals surface area contributed by atoms with Gasteiger partial charge in [0.2, 0.25) is 15.9 Å². The zero-order chi connectivity index (χ0) is 16.3. The fourth-order valence-corrected chi connectivity index (χ4v) is 3.22. The van der Waals surface area contributed by atoms with Crippen molar-refractivity contribution in [3.63, 3.8) is 0 Å². The highest BCUT2D eigenvalue weighted by atomic mass is 32.2. The van der Waals surface area contributed by atoms with E-state index in [1.165, 1.54) is 24.3 Å². The van der Waals surface area contributed by atoms with Crippen LogP contribution in [0.3, 0.4) is 0 Å². The van der Waals surface area contributed by atoms with Crippen molar-refractivity contribution in [2.24, 2.45) is 17.0 Å². The zero-order valence-corrected chi connectivity index (χ0v) is 12.7. The van der Waals surface area contributed by atoms with Crippen LogP contribution in [-0.4, -0.2) is 25.4 Å². The minimum absolute atomic E-state index is 0.0495. The highest BCUT2D eigenvalue weighted by Crippen LogP contribution is 2.31. The average molecular weight is 326 g/mol. The largest absolute Gasteiger partial charge is 0.481 e. The van der Waals surface area contributed by atoms with Gasteiger partial charge in [-0.25, -0.2) is 13.6 Å². The van der Waals surface area contributed by atoms with Crippen LogP contribution in [0.25, 0.3) is 0 Å². The SMILES string of the molecule is NS(=O)(=O)c1ccc(NC(=O)[C@@H]2CCCC[C@@H]2C(=O)O)cc1. The van der Waals surface area contributed by atoms with Gasteiger partial charge in [-0.15, -0.1) is 0 Å². The van der Waals surface area contributed by atoms with Crippen molar-refractivity contribution in [2.45, 2.75) is 30.6 Å². The van der Waals surface area contributed by atoms with Gasteiger partial charge in [0.05, 0.1) is 16.7 Å². The smallest absolute Gasteiger partial charge is 0.307 e. The molecule has 0 radical (unpaired) electrons. The number of aliphatic carboxylic acids is 1. The minimum Gasteiger partial charge on any atom is -0.481 e. The number of carboxylic acids is 1. The first kappa shape index (κ1) is 16.4. The van der Waals surface area contributed by atoms with Crippen LogP contribution in [-0.2, 0) is 19.6 Å². The fraction of sp³-hybridized carbons (Fsp3) is 0.429. The molecular weight excluding hydrogens is 308 g/mol. The van der Waals surface area contributed by atoms with Gasteiger partial charge in [-0.1, -0.05) is 12.8 Å². The third-order valence-corrected chi connectivity index (χ3v) is 4.80. The van der Waals surface area contributed by atoms with Crippen LogP contribution in [0.5, 0.6) is 0 Å². The Hall–Kier alpha value is -1.93. The number of nitrogens with two attached hydrogens (primary N) is 1. The number of carboxylic acid groups (broad SMARTS) is 1. The van der Waals surface area contributed by atoms with E-state index in [0.29, 0.717) is 18.5 Å². The molecule has 7 nitrogen and oxygen atoms in total. The van der Waals surface area contributed by atoms with Gasteiger partial charge in [0.25, 0.3) is 0 Å². The highest BCUT2D eigenvalue weighted by molar-refractivity contribution is 7.89. The number of anilines is 1. The Morgan fingerprint density at radius 2 is 1.64 bits per heavy atom. The van der Waals surface area contributed by atoms with Gasteiger partial charge in [0, 0.05) is 5.69 Å². The Morgan fingerprint density at radius 3 is 2.14 bits per heavy atom. The van der Waals surface area contributed by atoms with Crippen molar-refractivity contribution in [1.29, 1.82) is 0 Å². The Bertz CT molecular complexity index is 669. The summed E-state index contributed by atoms with van der Waals surface area (Å²) in [7, 11) is -3.78. The molecule has 1 aliphatic rings. The molecule has 0 unspecified atom stereocenters. The molecule has 0 heterocycles. The maximum Gasteiger partial charge on any atom is 0.307 e. The summed E-state index contributed by atoms with van der Waals surface area (Å²) in [6.07, 6.45) is 2.67. The third-order valence-electron chi connectivity index (χ3n) is 3.87. The second kappa shape index (κ2) is 6.45.